The topological polar surface area (TPSA) is 84.7 Å². The summed E-state index contributed by atoms with van der Waals surface area (Å²) in [4.78, 5) is 30.0. The number of carboxylic acids is 1. The molecule has 2 aliphatic rings. The van der Waals surface area contributed by atoms with E-state index in [4.69, 9.17) is 4.74 Å². The zero-order valence-electron chi connectivity index (χ0n) is 14.8. The smallest absolute Gasteiger partial charge is 0.309 e. The summed E-state index contributed by atoms with van der Waals surface area (Å²) in [6.45, 7) is 1.12. The molecule has 2 atom stereocenters. The number of hydrogen-bond acceptors (Lipinski definition) is 4. The van der Waals surface area contributed by atoms with Gasteiger partial charge in [-0.3, -0.25) is 9.59 Å². The van der Waals surface area contributed by atoms with Crippen molar-refractivity contribution in [1.29, 1.82) is 0 Å². The summed E-state index contributed by atoms with van der Waals surface area (Å²) in [5, 5.41) is 9.51. The predicted octanol–water partition coefficient (Wildman–Crippen LogP) is 2.13. The molecule has 0 bridgehead atoms. The van der Waals surface area contributed by atoms with Crippen LogP contribution in [0.15, 0.2) is 12.4 Å². The first-order valence-electron chi connectivity index (χ1n) is 9.19. The molecular formula is C18H27N3O4. The molecule has 1 saturated heterocycles. The van der Waals surface area contributed by atoms with Gasteiger partial charge in [-0.25, -0.2) is 4.98 Å². The van der Waals surface area contributed by atoms with Gasteiger partial charge < -0.3 is 19.3 Å². The van der Waals surface area contributed by atoms with Gasteiger partial charge in [0.2, 0.25) is 5.91 Å². The molecule has 2 fully saturated rings. The molecule has 25 heavy (non-hydrogen) atoms. The molecule has 0 spiro atoms. The fraction of sp³-hybridized carbons (Fsp3) is 0.722. The molecule has 2 unspecified atom stereocenters. The zero-order valence-corrected chi connectivity index (χ0v) is 14.8. The number of likely N-dealkylation sites (tertiary alicyclic amines) is 1. The minimum Gasteiger partial charge on any atom is -0.481 e. The van der Waals surface area contributed by atoms with Crippen LogP contribution >= 0.6 is 0 Å². The van der Waals surface area contributed by atoms with E-state index in [0.29, 0.717) is 25.1 Å². The monoisotopic (exact) mass is 349 g/mol. The van der Waals surface area contributed by atoms with Crippen molar-refractivity contribution in [2.45, 2.75) is 57.1 Å². The van der Waals surface area contributed by atoms with Crippen LogP contribution in [0.1, 0.15) is 56.8 Å². The molecule has 138 valence electrons. The van der Waals surface area contributed by atoms with Crippen LogP contribution in [0.2, 0.25) is 0 Å². The molecule has 3 rings (SSSR count). The molecule has 0 radical (unpaired) electrons. The van der Waals surface area contributed by atoms with E-state index >= 15 is 0 Å². The number of aromatic nitrogens is 2. The molecular weight excluding hydrogens is 322 g/mol. The Labute approximate surface area is 148 Å². The molecule has 1 amide bonds. The quantitative estimate of drug-likeness (QED) is 0.762. The van der Waals surface area contributed by atoms with Gasteiger partial charge in [-0.15, -0.1) is 0 Å². The highest BCUT2D eigenvalue weighted by Crippen LogP contribution is 2.37. The van der Waals surface area contributed by atoms with Gasteiger partial charge >= 0.3 is 5.97 Å². The van der Waals surface area contributed by atoms with Gasteiger partial charge in [0.05, 0.1) is 12.0 Å². The second-order valence-corrected chi connectivity index (χ2v) is 7.06. The molecule has 2 heterocycles. The minimum absolute atomic E-state index is 0.0380. The fourth-order valence-corrected chi connectivity index (χ4v) is 3.97. The maximum absolute atomic E-state index is 12.4. The van der Waals surface area contributed by atoms with Crippen LogP contribution in [-0.2, 0) is 21.4 Å². The van der Waals surface area contributed by atoms with Crippen molar-refractivity contribution in [1.82, 2.24) is 14.5 Å². The van der Waals surface area contributed by atoms with Crippen LogP contribution in [0.4, 0.5) is 0 Å². The molecule has 1 aliphatic heterocycles. The Morgan fingerprint density at radius 2 is 2.12 bits per heavy atom. The number of hydrogen-bond donors (Lipinski definition) is 1. The lowest BCUT2D eigenvalue weighted by molar-refractivity contribution is -0.142. The zero-order chi connectivity index (χ0) is 17.8. The largest absolute Gasteiger partial charge is 0.481 e. The van der Waals surface area contributed by atoms with E-state index in [0.717, 1.165) is 19.3 Å². The van der Waals surface area contributed by atoms with E-state index in [9.17, 15) is 14.7 Å². The lowest BCUT2D eigenvalue weighted by Crippen LogP contribution is -2.33. The van der Waals surface area contributed by atoms with Crippen LogP contribution in [-0.4, -0.2) is 50.7 Å². The van der Waals surface area contributed by atoms with Crippen molar-refractivity contribution < 1.29 is 19.4 Å². The van der Waals surface area contributed by atoms with Gasteiger partial charge in [-0.1, -0.05) is 19.3 Å². The van der Waals surface area contributed by atoms with Gasteiger partial charge in [-0.05, 0) is 19.3 Å². The van der Waals surface area contributed by atoms with Gasteiger partial charge in [-0.2, -0.15) is 0 Å². The van der Waals surface area contributed by atoms with E-state index in [1.165, 1.54) is 19.3 Å². The number of carboxylic acid groups (broad SMARTS) is 1. The van der Waals surface area contributed by atoms with Crippen molar-refractivity contribution in [3.05, 3.63) is 18.2 Å². The Balaban J connectivity index is 1.60. The van der Waals surface area contributed by atoms with Gasteiger partial charge in [0.25, 0.3) is 0 Å². The molecule has 7 nitrogen and oxygen atoms in total. The Morgan fingerprint density at radius 3 is 2.76 bits per heavy atom. The lowest BCUT2D eigenvalue weighted by Gasteiger charge is -2.27. The first-order valence-corrected chi connectivity index (χ1v) is 9.19. The molecule has 1 aliphatic carbocycles. The number of ether oxygens (including phenoxy) is 1. The Bertz CT molecular complexity index is 609. The number of carbonyl (C=O) groups excluding carboxylic acids is 1. The Morgan fingerprint density at radius 1 is 1.36 bits per heavy atom. The Kier molecular flexibility index (Phi) is 5.73. The number of rotatable bonds is 7. The van der Waals surface area contributed by atoms with Gasteiger partial charge in [0.1, 0.15) is 11.9 Å². The Hall–Kier alpha value is -1.89. The minimum atomic E-state index is -0.942. The summed E-state index contributed by atoms with van der Waals surface area (Å²) in [5.41, 5.74) is 0. The highest BCUT2D eigenvalue weighted by molar-refractivity contribution is 5.87. The average Bonchev–Trinajstić information content (AvgIpc) is 3.16. The van der Waals surface area contributed by atoms with Crippen LogP contribution in [0, 0.1) is 5.92 Å². The average molecular weight is 349 g/mol. The highest BCUT2D eigenvalue weighted by Gasteiger charge is 2.46. The van der Waals surface area contributed by atoms with Crippen molar-refractivity contribution in [3.8, 4) is 0 Å². The molecule has 1 saturated carbocycles. The third-order valence-corrected chi connectivity index (χ3v) is 5.32. The van der Waals surface area contributed by atoms with Crippen LogP contribution in [0.3, 0.4) is 0 Å². The van der Waals surface area contributed by atoms with Crippen molar-refractivity contribution >= 4 is 11.9 Å². The summed E-state index contributed by atoms with van der Waals surface area (Å²) in [7, 11) is 1.83. The lowest BCUT2D eigenvalue weighted by atomic mass is 9.98. The van der Waals surface area contributed by atoms with E-state index < -0.39 is 17.9 Å². The fourth-order valence-electron chi connectivity index (χ4n) is 3.97. The standard InChI is InChI=1S/C18H27N3O4/c1-20-10-8-19-17(20)16-14(18(23)24)12-15(22)21(16)9-5-11-25-13-6-3-2-4-7-13/h8,10,13-14,16H,2-7,9,11-12H2,1H3,(H,23,24). The number of amides is 1. The number of carbonyl (C=O) groups is 2. The van der Waals surface area contributed by atoms with Crippen LogP contribution < -0.4 is 0 Å². The maximum atomic E-state index is 12.4. The summed E-state index contributed by atoms with van der Waals surface area (Å²) in [6.07, 6.45) is 10.5. The number of aryl methyl sites for hydroxylation is 1. The molecule has 1 aromatic heterocycles. The first-order chi connectivity index (χ1) is 12.1. The van der Waals surface area contributed by atoms with Gasteiger partial charge in [0.15, 0.2) is 0 Å². The molecule has 1 N–H and O–H groups in total. The molecule has 1 aromatic rings. The van der Waals surface area contributed by atoms with E-state index in [1.54, 1.807) is 21.9 Å². The second-order valence-electron chi connectivity index (χ2n) is 7.06. The predicted molar refractivity (Wildman–Crippen MR) is 90.8 cm³/mol. The third kappa shape index (κ3) is 4.03. The SMILES string of the molecule is Cn1ccnc1C1C(C(=O)O)CC(=O)N1CCCOC1CCCCC1. The summed E-state index contributed by atoms with van der Waals surface area (Å²) in [5.74, 6) is -1.17. The van der Waals surface area contributed by atoms with E-state index in [1.807, 2.05) is 7.05 Å². The second kappa shape index (κ2) is 7.99. The van der Waals surface area contributed by atoms with Crippen molar-refractivity contribution in [2.75, 3.05) is 13.2 Å². The number of nitrogens with zero attached hydrogens (tertiary/aromatic N) is 3. The third-order valence-electron chi connectivity index (χ3n) is 5.32. The summed E-state index contributed by atoms with van der Waals surface area (Å²) in [6, 6.07) is -0.500. The number of imidazole rings is 1. The number of aliphatic carboxylic acids is 1. The van der Waals surface area contributed by atoms with Crippen molar-refractivity contribution in [2.24, 2.45) is 13.0 Å². The first kappa shape index (κ1) is 17.9. The summed E-state index contributed by atoms with van der Waals surface area (Å²) < 4.78 is 7.72. The van der Waals surface area contributed by atoms with Crippen molar-refractivity contribution in [3.63, 3.8) is 0 Å². The van der Waals surface area contributed by atoms with Crippen LogP contribution in [0.25, 0.3) is 0 Å². The summed E-state index contributed by atoms with van der Waals surface area (Å²) >= 11 is 0. The molecule has 7 heteroatoms. The van der Waals surface area contributed by atoms with E-state index in [2.05, 4.69) is 4.98 Å². The van der Waals surface area contributed by atoms with E-state index in [-0.39, 0.29) is 12.3 Å². The highest BCUT2D eigenvalue weighted by atomic mass is 16.5. The van der Waals surface area contributed by atoms with Crippen LogP contribution in [0.5, 0.6) is 0 Å². The molecule has 0 aromatic carbocycles. The normalized spacial score (nSPS) is 24.8. The van der Waals surface area contributed by atoms with Gasteiger partial charge in [0, 0.05) is 39.0 Å². The maximum Gasteiger partial charge on any atom is 0.309 e.